The largest absolute Gasteiger partial charge is 0.458 e. The number of amides is 1. The van der Waals surface area contributed by atoms with Gasteiger partial charge in [-0.3, -0.25) is 9.69 Å². The Morgan fingerprint density at radius 2 is 2.00 bits per heavy atom. The van der Waals surface area contributed by atoms with Crippen molar-refractivity contribution in [3.63, 3.8) is 0 Å². The number of benzene rings is 2. The van der Waals surface area contributed by atoms with Gasteiger partial charge in [-0.2, -0.15) is 0 Å². The number of nitrogens with zero attached hydrogens (tertiary/aromatic N) is 4. The Bertz CT molecular complexity index is 1210. The zero-order valence-corrected chi connectivity index (χ0v) is 16.9. The van der Waals surface area contributed by atoms with Gasteiger partial charge in [0.25, 0.3) is 0 Å². The van der Waals surface area contributed by atoms with Gasteiger partial charge in [-0.15, -0.1) is 0 Å². The highest BCUT2D eigenvalue weighted by atomic mass is 35.5. The summed E-state index contributed by atoms with van der Waals surface area (Å²) in [5, 5.41) is 1.82. The monoisotopic (exact) mass is 421 g/mol. The molecule has 0 radical (unpaired) electrons. The van der Waals surface area contributed by atoms with Crippen LogP contribution in [0.3, 0.4) is 0 Å². The molecule has 0 unspecified atom stereocenters. The van der Waals surface area contributed by atoms with Crippen molar-refractivity contribution < 1.29 is 9.21 Å². The van der Waals surface area contributed by atoms with E-state index in [4.69, 9.17) is 21.8 Å². The molecule has 0 saturated carbocycles. The third-order valence-corrected chi connectivity index (χ3v) is 5.94. The number of alkyl halides is 1. The highest BCUT2D eigenvalue weighted by molar-refractivity contribution is 6.20. The summed E-state index contributed by atoms with van der Waals surface area (Å²) in [5.41, 5.74) is 7.98. The van der Waals surface area contributed by atoms with E-state index >= 15 is 0 Å². The number of carbonyl (C=O) groups excluding carboxylic acids is 1. The zero-order valence-electron chi connectivity index (χ0n) is 16.2. The second kappa shape index (κ2) is 7.59. The predicted molar refractivity (Wildman–Crippen MR) is 116 cm³/mol. The summed E-state index contributed by atoms with van der Waals surface area (Å²) in [6.45, 7) is 2.02. The molecule has 0 aliphatic carbocycles. The van der Waals surface area contributed by atoms with Crippen molar-refractivity contribution in [3.8, 4) is 0 Å². The normalized spacial score (nSPS) is 16.4. The summed E-state index contributed by atoms with van der Waals surface area (Å²) < 4.78 is 5.87. The molecule has 4 aromatic rings. The van der Waals surface area contributed by atoms with E-state index < -0.39 is 5.50 Å². The summed E-state index contributed by atoms with van der Waals surface area (Å²) >= 11 is 6.65. The molecule has 0 spiro atoms. The Morgan fingerprint density at radius 1 is 1.13 bits per heavy atom. The van der Waals surface area contributed by atoms with Crippen LogP contribution in [0.5, 0.6) is 0 Å². The van der Waals surface area contributed by atoms with E-state index in [1.54, 1.807) is 0 Å². The molecule has 1 amide bonds. The number of hydrogen-bond donors (Lipinski definition) is 1. The van der Waals surface area contributed by atoms with Gasteiger partial charge >= 0.3 is 0 Å². The number of hydrogen-bond acceptors (Lipinski definition) is 6. The van der Waals surface area contributed by atoms with Gasteiger partial charge in [-0.1, -0.05) is 35.9 Å². The fourth-order valence-electron chi connectivity index (χ4n) is 3.83. The van der Waals surface area contributed by atoms with E-state index in [0.717, 1.165) is 27.4 Å². The first kappa shape index (κ1) is 18.8. The number of piperazine rings is 1. The summed E-state index contributed by atoms with van der Waals surface area (Å²) in [5.74, 6) is 1.14. The molecular weight excluding hydrogens is 402 g/mol. The molecule has 2 N–H and O–H groups in total. The Hall–Kier alpha value is -3.16. The lowest BCUT2D eigenvalue weighted by Gasteiger charge is -2.36. The van der Waals surface area contributed by atoms with Crippen LogP contribution in [0.15, 0.2) is 59.3 Å². The van der Waals surface area contributed by atoms with Gasteiger partial charge in [-0.25, -0.2) is 9.97 Å². The number of rotatable bonds is 4. The number of carbonyl (C=O) groups is 1. The summed E-state index contributed by atoms with van der Waals surface area (Å²) in [6, 6.07) is 15.5. The molecule has 8 heteroatoms. The van der Waals surface area contributed by atoms with Crippen molar-refractivity contribution in [2.75, 3.05) is 25.4 Å². The quantitative estimate of drug-likeness (QED) is 0.400. The van der Waals surface area contributed by atoms with Crippen LogP contribution >= 0.6 is 11.6 Å². The van der Waals surface area contributed by atoms with Crippen molar-refractivity contribution in [1.82, 2.24) is 19.8 Å². The van der Waals surface area contributed by atoms with Crippen LogP contribution in [0.4, 0.5) is 5.82 Å². The third kappa shape index (κ3) is 3.46. The van der Waals surface area contributed by atoms with Crippen molar-refractivity contribution in [2.24, 2.45) is 0 Å². The van der Waals surface area contributed by atoms with E-state index in [2.05, 4.69) is 9.97 Å². The maximum absolute atomic E-state index is 12.8. The predicted octanol–water partition coefficient (Wildman–Crippen LogP) is 3.54. The van der Waals surface area contributed by atoms with E-state index in [0.29, 0.717) is 31.2 Å². The van der Waals surface area contributed by atoms with Gasteiger partial charge < -0.3 is 15.1 Å². The molecule has 1 aliphatic heterocycles. The first-order valence-electron chi connectivity index (χ1n) is 9.72. The number of halogens is 1. The molecule has 2 aromatic carbocycles. The van der Waals surface area contributed by atoms with E-state index in [9.17, 15) is 4.79 Å². The van der Waals surface area contributed by atoms with Crippen molar-refractivity contribution in [3.05, 3.63) is 66.2 Å². The number of nitrogens with two attached hydrogens (primary N) is 1. The molecule has 1 fully saturated rings. The van der Waals surface area contributed by atoms with Gasteiger partial charge in [0.2, 0.25) is 5.91 Å². The minimum absolute atomic E-state index is 0.0327. The van der Waals surface area contributed by atoms with Crippen molar-refractivity contribution in [1.29, 1.82) is 0 Å². The molecule has 30 heavy (non-hydrogen) atoms. The number of fused-ring (bicyclic) bond motifs is 2. The van der Waals surface area contributed by atoms with Crippen molar-refractivity contribution >= 4 is 45.2 Å². The van der Waals surface area contributed by atoms with Crippen LogP contribution < -0.4 is 5.73 Å². The molecule has 152 valence electrons. The van der Waals surface area contributed by atoms with Gasteiger partial charge in [0.05, 0.1) is 12.1 Å². The zero-order chi connectivity index (χ0) is 20.7. The Balaban J connectivity index is 1.28. The Labute approximate surface area is 178 Å². The molecule has 1 saturated heterocycles. The van der Waals surface area contributed by atoms with E-state index in [1.807, 2.05) is 58.3 Å². The number of anilines is 1. The minimum atomic E-state index is -0.483. The summed E-state index contributed by atoms with van der Waals surface area (Å²) in [4.78, 5) is 24.8. The molecule has 2 aromatic heterocycles. The van der Waals surface area contributed by atoms with Gasteiger partial charge in [0.1, 0.15) is 29.0 Å². The fraction of sp³-hybridized carbons (Fsp3) is 0.227. The highest BCUT2D eigenvalue weighted by Gasteiger charge is 2.30. The molecule has 7 nitrogen and oxygen atoms in total. The van der Waals surface area contributed by atoms with E-state index in [-0.39, 0.29) is 12.5 Å². The number of para-hydroxylation sites is 1. The molecular formula is C22H20ClN5O2. The lowest BCUT2D eigenvalue weighted by atomic mass is 10.1. The first-order valence-corrected chi connectivity index (χ1v) is 10.2. The second-order valence-corrected chi connectivity index (χ2v) is 7.83. The number of furan rings is 1. The van der Waals surface area contributed by atoms with Crippen LogP contribution in [0.2, 0.25) is 0 Å². The first-order chi connectivity index (χ1) is 14.6. The molecule has 0 bridgehead atoms. The average Bonchev–Trinajstić information content (AvgIpc) is 3.19. The lowest BCUT2D eigenvalue weighted by Crippen LogP contribution is -2.50. The standard InChI is InChI=1S/C22H20ClN5O2/c23-21(19-10-15-3-1-2-4-18(15)30-19)28-8-7-27(20(29)12-28)11-14-5-6-16-17(9-14)25-13-26-22(16)24/h1-6,9-10,13,21H,7-8,11-12H2,(H2,24,25,26)/t21-/m1/s1. The van der Waals surface area contributed by atoms with Crippen molar-refractivity contribution in [2.45, 2.75) is 12.0 Å². The van der Waals surface area contributed by atoms with Gasteiger partial charge in [0, 0.05) is 30.4 Å². The Kier molecular flexibility index (Phi) is 4.77. The third-order valence-electron chi connectivity index (χ3n) is 5.45. The van der Waals surface area contributed by atoms with Crippen LogP contribution in [-0.4, -0.2) is 45.3 Å². The fourth-order valence-corrected chi connectivity index (χ4v) is 4.10. The number of aromatic nitrogens is 2. The second-order valence-electron chi connectivity index (χ2n) is 7.42. The molecule has 5 rings (SSSR count). The minimum Gasteiger partial charge on any atom is -0.458 e. The maximum atomic E-state index is 12.8. The van der Waals surface area contributed by atoms with Crippen LogP contribution in [0.1, 0.15) is 16.8 Å². The van der Waals surface area contributed by atoms with Gasteiger partial charge in [-0.05, 0) is 29.8 Å². The summed E-state index contributed by atoms with van der Waals surface area (Å²) in [7, 11) is 0. The Morgan fingerprint density at radius 3 is 2.83 bits per heavy atom. The van der Waals surface area contributed by atoms with Crippen LogP contribution in [-0.2, 0) is 11.3 Å². The smallest absolute Gasteiger partial charge is 0.237 e. The molecule has 3 heterocycles. The van der Waals surface area contributed by atoms with Crippen LogP contribution in [0, 0.1) is 0 Å². The molecule has 1 aliphatic rings. The highest BCUT2D eigenvalue weighted by Crippen LogP contribution is 2.31. The number of nitrogen functional groups attached to an aromatic ring is 1. The average molecular weight is 422 g/mol. The summed E-state index contributed by atoms with van der Waals surface area (Å²) in [6.07, 6.45) is 1.45. The van der Waals surface area contributed by atoms with E-state index in [1.165, 1.54) is 6.33 Å². The SMILES string of the molecule is Nc1ncnc2cc(CN3CCN([C@@H](Cl)c4cc5ccccc5o4)CC3=O)ccc12. The maximum Gasteiger partial charge on any atom is 0.237 e. The topological polar surface area (TPSA) is 88.5 Å². The molecule has 1 atom stereocenters. The van der Waals surface area contributed by atoms with Gasteiger partial charge in [0.15, 0.2) is 0 Å². The van der Waals surface area contributed by atoms with Crippen LogP contribution in [0.25, 0.3) is 21.9 Å². The lowest BCUT2D eigenvalue weighted by molar-refractivity contribution is -0.137.